The molecule has 1 aromatic carbocycles. The third kappa shape index (κ3) is 2.53. The van der Waals surface area contributed by atoms with Crippen LogP contribution in [-0.4, -0.2) is 30.3 Å². The smallest absolute Gasteiger partial charge is 0.303 e. The van der Waals surface area contributed by atoms with E-state index < -0.39 is 5.97 Å². The second kappa shape index (κ2) is 5.11. The summed E-state index contributed by atoms with van der Waals surface area (Å²) in [6.45, 7) is 5.09. The summed E-state index contributed by atoms with van der Waals surface area (Å²) >= 11 is 0. The van der Waals surface area contributed by atoms with Gasteiger partial charge in [0.2, 0.25) is 0 Å². The Hall–Kier alpha value is -1.71. The Morgan fingerprint density at radius 1 is 1.47 bits per heavy atom. The van der Waals surface area contributed by atoms with Crippen LogP contribution in [0.2, 0.25) is 0 Å². The molecule has 1 heterocycles. The number of benzene rings is 1. The number of methoxy groups -OCH3 is 1. The maximum atomic E-state index is 11.0. The summed E-state index contributed by atoms with van der Waals surface area (Å²) in [6.07, 6.45) is 1.12. The molecular weight excluding hydrogens is 242 g/mol. The van der Waals surface area contributed by atoms with E-state index in [2.05, 4.69) is 18.7 Å². The Kier molecular flexibility index (Phi) is 3.69. The Morgan fingerprint density at radius 2 is 2.16 bits per heavy atom. The van der Waals surface area contributed by atoms with E-state index in [4.69, 9.17) is 9.84 Å². The third-order valence-electron chi connectivity index (χ3n) is 4.19. The minimum Gasteiger partial charge on any atom is -0.495 e. The Labute approximate surface area is 114 Å². The van der Waals surface area contributed by atoms with Gasteiger partial charge in [-0.15, -0.1) is 0 Å². The van der Waals surface area contributed by atoms with Gasteiger partial charge in [0.05, 0.1) is 19.2 Å². The van der Waals surface area contributed by atoms with Crippen LogP contribution in [0, 0.1) is 5.92 Å². The molecule has 1 unspecified atom stereocenters. The molecule has 1 aromatic rings. The van der Waals surface area contributed by atoms with Gasteiger partial charge in [-0.25, -0.2) is 0 Å². The van der Waals surface area contributed by atoms with E-state index in [1.54, 1.807) is 7.11 Å². The van der Waals surface area contributed by atoms with Crippen molar-refractivity contribution in [3.8, 4) is 5.75 Å². The van der Waals surface area contributed by atoms with Crippen LogP contribution in [0.25, 0.3) is 0 Å². The van der Waals surface area contributed by atoms with Crippen molar-refractivity contribution < 1.29 is 14.6 Å². The molecule has 4 nitrogen and oxygen atoms in total. The van der Waals surface area contributed by atoms with E-state index in [-0.39, 0.29) is 17.9 Å². The van der Waals surface area contributed by atoms with Crippen molar-refractivity contribution in [3.05, 3.63) is 24.3 Å². The van der Waals surface area contributed by atoms with E-state index >= 15 is 0 Å². The van der Waals surface area contributed by atoms with Gasteiger partial charge in [-0.3, -0.25) is 4.79 Å². The van der Waals surface area contributed by atoms with Crippen molar-refractivity contribution >= 4 is 11.7 Å². The lowest BCUT2D eigenvalue weighted by Crippen LogP contribution is -2.43. The van der Waals surface area contributed by atoms with Crippen molar-refractivity contribution in [1.29, 1.82) is 0 Å². The number of rotatable bonds is 4. The molecule has 0 saturated carbocycles. The summed E-state index contributed by atoms with van der Waals surface area (Å²) < 4.78 is 5.41. The summed E-state index contributed by atoms with van der Waals surface area (Å²) in [5.74, 6) is 0.279. The molecule has 0 radical (unpaired) electrons. The number of ether oxygens (including phenoxy) is 1. The van der Waals surface area contributed by atoms with E-state index in [0.29, 0.717) is 0 Å². The van der Waals surface area contributed by atoms with E-state index in [1.807, 2.05) is 24.3 Å². The number of anilines is 1. The van der Waals surface area contributed by atoms with Crippen LogP contribution in [0.1, 0.15) is 26.7 Å². The maximum absolute atomic E-state index is 11.0. The van der Waals surface area contributed by atoms with Crippen molar-refractivity contribution in [2.45, 2.75) is 32.2 Å². The lowest BCUT2D eigenvalue weighted by atomic mass is 9.85. The van der Waals surface area contributed by atoms with Crippen LogP contribution >= 0.6 is 0 Å². The zero-order valence-corrected chi connectivity index (χ0v) is 11.7. The number of hydrogen-bond donors (Lipinski definition) is 1. The van der Waals surface area contributed by atoms with Crippen molar-refractivity contribution in [1.82, 2.24) is 0 Å². The zero-order chi connectivity index (χ0) is 14.0. The summed E-state index contributed by atoms with van der Waals surface area (Å²) in [5.41, 5.74) is 0.871. The second-order valence-electron chi connectivity index (χ2n) is 5.56. The number of carboxylic acid groups (broad SMARTS) is 1. The molecule has 104 valence electrons. The summed E-state index contributed by atoms with van der Waals surface area (Å²) in [6, 6.07) is 7.90. The Bertz CT molecular complexity index is 470. The highest BCUT2D eigenvalue weighted by molar-refractivity contribution is 5.68. The van der Waals surface area contributed by atoms with Crippen molar-refractivity contribution in [2.24, 2.45) is 5.92 Å². The Balaban J connectivity index is 2.29. The normalized spacial score (nSPS) is 21.4. The van der Waals surface area contributed by atoms with Gasteiger partial charge in [-0.2, -0.15) is 0 Å². The minimum atomic E-state index is -0.722. The average molecular weight is 263 g/mol. The number of hydrogen-bond acceptors (Lipinski definition) is 3. The van der Waals surface area contributed by atoms with Gasteiger partial charge in [-0.1, -0.05) is 12.1 Å². The number of carbonyl (C=O) groups is 1. The molecule has 1 N–H and O–H groups in total. The SMILES string of the molecule is COc1ccccc1N1CCC(CC(=O)O)C1(C)C. The third-order valence-corrected chi connectivity index (χ3v) is 4.19. The van der Waals surface area contributed by atoms with Crippen molar-refractivity contribution in [2.75, 3.05) is 18.6 Å². The molecule has 1 fully saturated rings. The largest absolute Gasteiger partial charge is 0.495 e. The van der Waals surface area contributed by atoms with Gasteiger partial charge in [-0.05, 0) is 38.3 Å². The number of carboxylic acids is 1. The van der Waals surface area contributed by atoms with Gasteiger partial charge in [0.1, 0.15) is 5.75 Å². The number of para-hydroxylation sites is 2. The quantitative estimate of drug-likeness (QED) is 0.907. The topological polar surface area (TPSA) is 49.8 Å². The van der Waals surface area contributed by atoms with Crippen LogP contribution in [-0.2, 0) is 4.79 Å². The van der Waals surface area contributed by atoms with Crippen LogP contribution in [0.15, 0.2) is 24.3 Å². The molecule has 0 bridgehead atoms. The predicted molar refractivity (Wildman–Crippen MR) is 74.8 cm³/mol. The first kappa shape index (κ1) is 13.7. The molecule has 0 aromatic heterocycles. The molecule has 1 aliphatic heterocycles. The first-order valence-electron chi connectivity index (χ1n) is 6.59. The first-order valence-corrected chi connectivity index (χ1v) is 6.59. The standard InChI is InChI=1S/C15H21NO3/c1-15(2)11(10-14(17)18)8-9-16(15)12-6-4-5-7-13(12)19-3/h4-7,11H,8-10H2,1-3H3,(H,17,18). The molecule has 0 spiro atoms. The van der Waals surface area contributed by atoms with Gasteiger partial charge >= 0.3 is 5.97 Å². The zero-order valence-electron chi connectivity index (χ0n) is 11.7. The molecule has 0 amide bonds. The lowest BCUT2D eigenvalue weighted by Gasteiger charge is -2.38. The molecule has 4 heteroatoms. The molecule has 19 heavy (non-hydrogen) atoms. The molecule has 1 saturated heterocycles. The number of nitrogens with zero attached hydrogens (tertiary/aromatic N) is 1. The average Bonchev–Trinajstić information content (AvgIpc) is 2.64. The Morgan fingerprint density at radius 3 is 2.79 bits per heavy atom. The van der Waals surface area contributed by atoms with E-state index in [1.165, 1.54) is 0 Å². The van der Waals surface area contributed by atoms with Crippen LogP contribution in [0.3, 0.4) is 0 Å². The van der Waals surface area contributed by atoms with Crippen molar-refractivity contribution in [3.63, 3.8) is 0 Å². The molecular formula is C15H21NO3. The minimum absolute atomic E-state index is 0.162. The van der Waals surface area contributed by atoms with E-state index in [0.717, 1.165) is 24.4 Å². The first-order chi connectivity index (χ1) is 8.96. The summed E-state index contributed by atoms with van der Waals surface area (Å²) in [4.78, 5) is 13.2. The fraction of sp³-hybridized carbons (Fsp3) is 0.533. The van der Waals surface area contributed by atoms with Crippen LogP contribution < -0.4 is 9.64 Å². The van der Waals surface area contributed by atoms with Gasteiger partial charge < -0.3 is 14.7 Å². The maximum Gasteiger partial charge on any atom is 0.303 e. The highest BCUT2D eigenvalue weighted by Crippen LogP contribution is 2.43. The molecule has 1 aliphatic rings. The van der Waals surface area contributed by atoms with Crippen LogP contribution in [0.4, 0.5) is 5.69 Å². The van der Waals surface area contributed by atoms with Crippen LogP contribution in [0.5, 0.6) is 5.75 Å². The monoisotopic (exact) mass is 263 g/mol. The summed E-state index contributed by atoms with van der Waals surface area (Å²) in [7, 11) is 1.66. The van der Waals surface area contributed by atoms with Gasteiger partial charge in [0.25, 0.3) is 0 Å². The summed E-state index contributed by atoms with van der Waals surface area (Å²) in [5, 5.41) is 9.02. The molecule has 2 rings (SSSR count). The molecule has 1 atom stereocenters. The fourth-order valence-corrected chi connectivity index (χ4v) is 2.99. The molecule has 0 aliphatic carbocycles. The predicted octanol–water partition coefficient (Wildman–Crippen LogP) is 2.77. The fourth-order valence-electron chi connectivity index (χ4n) is 2.99. The van der Waals surface area contributed by atoms with Gasteiger partial charge in [0, 0.05) is 12.1 Å². The second-order valence-corrected chi connectivity index (χ2v) is 5.56. The lowest BCUT2D eigenvalue weighted by molar-refractivity contribution is -0.138. The highest BCUT2D eigenvalue weighted by atomic mass is 16.5. The number of aliphatic carboxylic acids is 1. The highest BCUT2D eigenvalue weighted by Gasteiger charge is 2.42. The van der Waals surface area contributed by atoms with Gasteiger partial charge in [0.15, 0.2) is 0 Å². The van der Waals surface area contributed by atoms with E-state index in [9.17, 15) is 4.79 Å².